The van der Waals surface area contributed by atoms with Crippen LogP contribution in [0.1, 0.15) is 16.2 Å². The van der Waals surface area contributed by atoms with E-state index in [0.29, 0.717) is 17.5 Å². The predicted molar refractivity (Wildman–Crippen MR) is 86.1 cm³/mol. The van der Waals surface area contributed by atoms with Crippen LogP contribution in [0.15, 0.2) is 36.7 Å². The van der Waals surface area contributed by atoms with Crippen LogP contribution in [0.5, 0.6) is 0 Å². The molecule has 6 heteroatoms. The van der Waals surface area contributed by atoms with Gasteiger partial charge in [0.2, 0.25) is 5.95 Å². The first-order valence-electron chi connectivity index (χ1n) is 7.95. The highest BCUT2D eigenvalue weighted by molar-refractivity contribution is 5.92. The Balaban J connectivity index is 1.43. The van der Waals surface area contributed by atoms with Gasteiger partial charge in [-0.15, -0.1) is 0 Å². The van der Waals surface area contributed by atoms with E-state index in [0.717, 1.165) is 37.8 Å². The molecule has 0 spiro atoms. The van der Waals surface area contributed by atoms with Gasteiger partial charge in [0.05, 0.1) is 0 Å². The molecule has 6 nitrogen and oxygen atoms in total. The number of rotatable bonds is 2. The number of anilines is 1. The molecule has 0 aromatic carbocycles. The number of carbonyl (C=O) groups is 1. The Morgan fingerprint density at radius 1 is 1.04 bits per heavy atom. The van der Waals surface area contributed by atoms with Gasteiger partial charge in [-0.2, -0.15) is 0 Å². The van der Waals surface area contributed by atoms with Gasteiger partial charge in [-0.1, -0.05) is 6.07 Å². The maximum Gasteiger partial charge on any atom is 0.272 e. The number of aryl methyl sites for hydroxylation is 1. The number of fused-ring (bicyclic) bond motifs is 1. The number of amides is 1. The van der Waals surface area contributed by atoms with Crippen molar-refractivity contribution < 1.29 is 4.79 Å². The maximum atomic E-state index is 12.6. The highest BCUT2D eigenvalue weighted by atomic mass is 16.2. The van der Waals surface area contributed by atoms with Crippen LogP contribution in [0.2, 0.25) is 0 Å². The van der Waals surface area contributed by atoms with Gasteiger partial charge in [0.1, 0.15) is 5.69 Å². The third-order valence-corrected chi connectivity index (χ3v) is 4.72. The van der Waals surface area contributed by atoms with E-state index in [9.17, 15) is 4.79 Å². The third-order valence-electron chi connectivity index (χ3n) is 4.72. The lowest BCUT2D eigenvalue weighted by molar-refractivity contribution is 0.0776. The van der Waals surface area contributed by atoms with Crippen LogP contribution in [0.3, 0.4) is 0 Å². The van der Waals surface area contributed by atoms with E-state index >= 15 is 0 Å². The lowest BCUT2D eigenvalue weighted by Gasteiger charge is -2.21. The summed E-state index contributed by atoms with van der Waals surface area (Å²) >= 11 is 0. The van der Waals surface area contributed by atoms with E-state index in [1.807, 2.05) is 30.0 Å². The van der Waals surface area contributed by atoms with Gasteiger partial charge in [0.15, 0.2) is 0 Å². The molecule has 2 fully saturated rings. The number of hydrogen-bond donors (Lipinski definition) is 0. The first kappa shape index (κ1) is 14.1. The molecule has 0 N–H and O–H groups in total. The first-order chi connectivity index (χ1) is 11.2. The number of hydrogen-bond acceptors (Lipinski definition) is 5. The van der Waals surface area contributed by atoms with Crippen LogP contribution < -0.4 is 4.90 Å². The summed E-state index contributed by atoms with van der Waals surface area (Å²) in [5.74, 6) is 1.82. The molecule has 2 aromatic rings. The van der Waals surface area contributed by atoms with Crippen molar-refractivity contribution in [1.29, 1.82) is 0 Å². The molecule has 0 aliphatic carbocycles. The molecule has 23 heavy (non-hydrogen) atoms. The Labute approximate surface area is 135 Å². The van der Waals surface area contributed by atoms with Gasteiger partial charge in [0, 0.05) is 56.1 Å². The summed E-state index contributed by atoms with van der Waals surface area (Å²) in [6, 6.07) is 7.43. The largest absolute Gasteiger partial charge is 0.340 e. The Kier molecular flexibility index (Phi) is 3.44. The number of carbonyl (C=O) groups excluding carboxylic acids is 1. The van der Waals surface area contributed by atoms with Crippen molar-refractivity contribution in [2.75, 3.05) is 31.1 Å². The molecule has 2 saturated heterocycles. The van der Waals surface area contributed by atoms with E-state index in [1.165, 1.54) is 0 Å². The minimum atomic E-state index is 0.0469. The van der Waals surface area contributed by atoms with Gasteiger partial charge in [0.25, 0.3) is 5.91 Å². The van der Waals surface area contributed by atoms with Crippen molar-refractivity contribution in [3.8, 4) is 0 Å². The molecule has 0 bridgehead atoms. The van der Waals surface area contributed by atoms with Crippen LogP contribution in [-0.4, -0.2) is 51.9 Å². The Morgan fingerprint density at radius 2 is 1.74 bits per heavy atom. The lowest BCUT2D eigenvalue weighted by Crippen LogP contribution is -2.34. The first-order valence-corrected chi connectivity index (χ1v) is 7.95. The second kappa shape index (κ2) is 5.61. The van der Waals surface area contributed by atoms with Crippen molar-refractivity contribution in [3.63, 3.8) is 0 Å². The summed E-state index contributed by atoms with van der Waals surface area (Å²) < 4.78 is 0. The summed E-state index contributed by atoms with van der Waals surface area (Å²) in [5, 5.41) is 0. The molecule has 2 aliphatic rings. The van der Waals surface area contributed by atoms with Gasteiger partial charge in [-0.05, 0) is 25.1 Å². The van der Waals surface area contributed by atoms with Crippen LogP contribution in [0.25, 0.3) is 0 Å². The van der Waals surface area contributed by atoms with Crippen LogP contribution in [0.4, 0.5) is 5.95 Å². The summed E-state index contributed by atoms with van der Waals surface area (Å²) in [5.41, 5.74) is 1.43. The Morgan fingerprint density at radius 3 is 2.39 bits per heavy atom. The highest BCUT2D eigenvalue weighted by Crippen LogP contribution is 2.33. The zero-order chi connectivity index (χ0) is 15.8. The molecule has 0 saturated carbocycles. The summed E-state index contributed by atoms with van der Waals surface area (Å²) in [6.07, 6.45) is 3.55. The molecule has 0 radical (unpaired) electrons. The van der Waals surface area contributed by atoms with E-state index in [-0.39, 0.29) is 5.91 Å². The zero-order valence-electron chi connectivity index (χ0n) is 13.1. The number of likely N-dealkylation sites (tertiary alicyclic amines) is 1. The lowest BCUT2D eigenvalue weighted by atomic mass is 10.0. The van der Waals surface area contributed by atoms with Gasteiger partial charge in [-0.25, -0.2) is 15.0 Å². The van der Waals surface area contributed by atoms with Gasteiger partial charge in [-0.3, -0.25) is 4.79 Å². The van der Waals surface area contributed by atoms with E-state index in [4.69, 9.17) is 0 Å². The summed E-state index contributed by atoms with van der Waals surface area (Å²) in [6.45, 7) is 5.33. The molecular weight excluding hydrogens is 290 g/mol. The predicted octanol–water partition coefficient (Wildman–Crippen LogP) is 1.39. The molecule has 0 unspecified atom stereocenters. The van der Waals surface area contributed by atoms with Crippen molar-refractivity contribution in [2.24, 2.45) is 11.8 Å². The van der Waals surface area contributed by atoms with E-state index < -0.39 is 0 Å². The summed E-state index contributed by atoms with van der Waals surface area (Å²) in [4.78, 5) is 29.8. The van der Waals surface area contributed by atoms with Crippen LogP contribution in [0, 0.1) is 18.8 Å². The summed E-state index contributed by atoms with van der Waals surface area (Å²) in [7, 11) is 0. The molecule has 2 aromatic heterocycles. The fraction of sp³-hybridized carbons (Fsp3) is 0.412. The minimum absolute atomic E-state index is 0.0469. The second-order valence-corrected chi connectivity index (χ2v) is 6.35. The van der Waals surface area contributed by atoms with Crippen LogP contribution in [-0.2, 0) is 0 Å². The van der Waals surface area contributed by atoms with Crippen molar-refractivity contribution in [3.05, 3.63) is 48.0 Å². The van der Waals surface area contributed by atoms with Crippen molar-refractivity contribution >= 4 is 11.9 Å². The number of pyridine rings is 1. The van der Waals surface area contributed by atoms with E-state index in [2.05, 4.69) is 19.9 Å². The fourth-order valence-corrected chi connectivity index (χ4v) is 3.60. The standard InChI is InChI=1S/C17H19N5O/c1-12-4-2-5-15(20-12)16(23)21-8-13-10-22(11-14(13)9-21)17-18-6-3-7-19-17/h2-7,13-14H,8-11H2,1H3/t13-,14-/m1/s1. The van der Waals surface area contributed by atoms with Crippen LogP contribution >= 0.6 is 0 Å². The third kappa shape index (κ3) is 2.65. The van der Waals surface area contributed by atoms with Gasteiger partial charge < -0.3 is 9.80 Å². The molecule has 1 amide bonds. The molecule has 4 heterocycles. The number of nitrogens with zero attached hydrogens (tertiary/aromatic N) is 5. The quantitative estimate of drug-likeness (QED) is 0.839. The monoisotopic (exact) mass is 309 g/mol. The Hall–Kier alpha value is -2.50. The Bertz CT molecular complexity index is 706. The highest BCUT2D eigenvalue weighted by Gasteiger charge is 2.42. The average molecular weight is 309 g/mol. The molecule has 2 atom stereocenters. The second-order valence-electron chi connectivity index (χ2n) is 6.35. The molecule has 2 aliphatic heterocycles. The average Bonchev–Trinajstić information content (AvgIpc) is 3.14. The maximum absolute atomic E-state index is 12.6. The van der Waals surface area contributed by atoms with E-state index in [1.54, 1.807) is 18.5 Å². The number of aromatic nitrogens is 3. The topological polar surface area (TPSA) is 62.2 Å². The molecule has 4 rings (SSSR count). The smallest absolute Gasteiger partial charge is 0.272 e. The zero-order valence-corrected chi connectivity index (χ0v) is 13.1. The normalized spacial score (nSPS) is 23.2. The van der Waals surface area contributed by atoms with Crippen molar-refractivity contribution in [2.45, 2.75) is 6.92 Å². The minimum Gasteiger partial charge on any atom is -0.340 e. The fourth-order valence-electron chi connectivity index (χ4n) is 3.60. The SMILES string of the molecule is Cc1cccc(C(=O)N2C[C@@H]3CN(c4ncccn4)C[C@H]3C2)n1. The van der Waals surface area contributed by atoms with Gasteiger partial charge >= 0.3 is 0 Å². The van der Waals surface area contributed by atoms with Crippen molar-refractivity contribution in [1.82, 2.24) is 19.9 Å². The molecule has 118 valence electrons. The molecular formula is C17H19N5O.